The molecule has 0 atom stereocenters. The van der Waals surface area contributed by atoms with Gasteiger partial charge in [0.2, 0.25) is 5.89 Å². The molecular weight excluding hydrogens is 200 g/mol. The molecule has 1 aromatic rings. The molecule has 0 spiro atoms. The van der Waals surface area contributed by atoms with Gasteiger partial charge in [-0.1, -0.05) is 0 Å². The number of nitrogens with one attached hydrogen (secondary N) is 1. The van der Waals surface area contributed by atoms with E-state index in [1.165, 1.54) is 25.7 Å². The molecule has 0 amide bonds. The molecule has 3 heteroatoms. The Labute approximate surface area is 96.6 Å². The van der Waals surface area contributed by atoms with Crippen molar-refractivity contribution in [3.8, 4) is 0 Å². The van der Waals surface area contributed by atoms with Gasteiger partial charge in [-0.15, -0.1) is 0 Å². The van der Waals surface area contributed by atoms with Crippen LogP contribution < -0.4 is 5.32 Å². The Morgan fingerprint density at radius 1 is 1.25 bits per heavy atom. The van der Waals surface area contributed by atoms with E-state index in [1.54, 1.807) is 0 Å². The van der Waals surface area contributed by atoms with Gasteiger partial charge in [0.1, 0.15) is 5.76 Å². The van der Waals surface area contributed by atoms with Crippen molar-refractivity contribution in [3.05, 3.63) is 17.3 Å². The second-order valence-electron chi connectivity index (χ2n) is 5.33. The third kappa shape index (κ3) is 2.14. The van der Waals surface area contributed by atoms with E-state index in [1.807, 2.05) is 13.8 Å². The third-order valence-electron chi connectivity index (χ3n) is 3.82. The van der Waals surface area contributed by atoms with Crippen molar-refractivity contribution in [3.63, 3.8) is 0 Å². The largest absolute Gasteiger partial charge is 0.444 e. The highest BCUT2D eigenvalue weighted by molar-refractivity contribution is 5.05. The molecule has 88 valence electrons. The zero-order valence-electron chi connectivity index (χ0n) is 10.1. The molecule has 0 unspecified atom stereocenters. The first kappa shape index (κ1) is 10.3. The molecule has 0 bridgehead atoms. The van der Waals surface area contributed by atoms with Crippen LogP contribution in [0.5, 0.6) is 0 Å². The lowest BCUT2D eigenvalue weighted by Gasteiger charge is -2.16. The molecule has 0 saturated heterocycles. The molecule has 3 nitrogen and oxygen atoms in total. The van der Waals surface area contributed by atoms with Gasteiger partial charge in [-0.05, 0) is 51.4 Å². The fourth-order valence-electron chi connectivity index (χ4n) is 2.45. The summed E-state index contributed by atoms with van der Waals surface area (Å²) in [5, 5.41) is 3.64. The van der Waals surface area contributed by atoms with Gasteiger partial charge in [0, 0.05) is 6.04 Å². The molecule has 2 fully saturated rings. The molecule has 2 saturated carbocycles. The van der Waals surface area contributed by atoms with Crippen molar-refractivity contribution in [2.24, 2.45) is 11.8 Å². The van der Waals surface area contributed by atoms with E-state index in [2.05, 4.69) is 10.3 Å². The fourth-order valence-corrected chi connectivity index (χ4v) is 2.45. The SMILES string of the molecule is Cc1nc(CNC(C2CC2)C2CC2)oc1C. The normalized spacial score (nSPS) is 20.7. The molecule has 1 N–H and O–H groups in total. The Bertz CT molecular complexity index is 346. The number of aromatic nitrogens is 1. The Hall–Kier alpha value is -0.830. The number of hydrogen-bond donors (Lipinski definition) is 1. The monoisotopic (exact) mass is 220 g/mol. The summed E-state index contributed by atoms with van der Waals surface area (Å²) in [6, 6.07) is 0.729. The van der Waals surface area contributed by atoms with E-state index in [0.29, 0.717) is 0 Å². The molecule has 2 aliphatic carbocycles. The van der Waals surface area contributed by atoms with Crippen LogP contribution in [0, 0.1) is 25.7 Å². The number of rotatable bonds is 5. The molecule has 16 heavy (non-hydrogen) atoms. The maximum Gasteiger partial charge on any atom is 0.208 e. The molecule has 3 rings (SSSR count). The van der Waals surface area contributed by atoms with Crippen LogP contribution in [-0.2, 0) is 6.54 Å². The first-order chi connectivity index (χ1) is 7.74. The van der Waals surface area contributed by atoms with E-state index in [-0.39, 0.29) is 0 Å². The van der Waals surface area contributed by atoms with Crippen LogP contribution in [0.3, 0.4) is 0 Å². The summed E-state index contributed by atoms with van der Waals surface area (Å²) < 4.78 is 5.59. The van der Waals surface area contributed by atoms with Crippen LogP contribution in [0.15, 0.2) is 4.42 Å². The first-order valence-electron chi connectivity index (χ1n) is 6.40. The Balaban J connectivity index is 1.57. The van der Waals surface area contributed by atoms with E-state index in [0.717, 1.165) is 41.8 Å². The van der Waals surface area contributed by atoms with E-state index < -0.39 is 0 Å². The first-order valence-corrected chi connectivity index (χ1v) is 6.40. The van der Waals surface area contributed by atoms with Crippen LogP contribution in [0.2, 0.25) is 0 Å². The molecule has 0 aromatic carbocycles. The molecular formula is C13H20N2O. The smallest absolute Gasteiger partial charge is 0.208 e. The van der Waals surface area contributed by atoms with E-state index >= 15 is 0 Å². The lowest BCUT2D eigenvalue weighted by molar-refractivity contribution is 0.375. The number of hydrogen-bond acceptors (Lipinski definition) is 3. The summed E-state index contributed by atoms with van der Waals surface area (Å²) in [6.07, 6.45) is 5.66. The summed E-state index contributed by atoms with van der Waals surface area (Å²) in [5.74, 6) is 3.67. The summed E-state index contributed by atoms with van der Waals surface area (Å²) in [6.45, 7) is 4.78. The van der Waals surface area contributed by atoms with Crippen LogP contribution >= 0.6 is 0 Å². The highest BCUT2D eigenvalue weighted by Gasteiger charge is 2.41. The van der Waals surface area contributed by atoms with Crippen molar-refractivity contribution in [1.29, 1.82) is 0 Å². The average molecular weight is 220 g/mol. The zero-order chi connectivity index (χ0) is 11.1. The van der Waals surface area contributed by atoms with Gasteiger partial charge in [-0.3, -0.25) is 0 Å². The summed E-state index contributed by atoms with van der Waals surface area (Å²) in [4.78, 5) is 4.41. The second-order valence-corrected chi connectivity index (χ2v) is 5.33. The summed E-state index contributed by atoms with van der Waals surface area (Å²) >= 11 is 0. The van der Waals surface area contributed by atoms with E-state index in [9.17, 15) is 0 Å². The van der Waals surface area contributed by atoms with Gasteiger partial charge < -0.3 is 9.73 Å². The molecule has 0 aliphatic heterocycles. The summed E-state index contributed by atoms with van der Waals surface area (Å²) in [7, 11) is 0. The zero-order valence-corrected chi connectivity index (χ0v) is 10.1. The predicted molar refractivity (Wildman–Crippen MR) is 62.1 cm³/mol. The third-order valence-corrected chi connectivity index (χ3v) is 3.82. The standard InChI is InChI=1S/C13H20N2O/c1-8-9(2)16-12(15-8)7-14-13(10-3-4-10)11-5-6-11/h10-11,13-14H,3-7H2,1-2H3. The average Bonchev–Trinajstić information content (AvgIpc) is 3.12. The van der Waals surface area contributed by atoms with E-state index in [4.69, 9.17) is 4.42 Å². The lowest BCUT2D eigenvalue weighted by Crippen LogP contribution is -2.32. The second kappa shape index (κ2) is 3.88. The quantitative estimate of drug-likeness (QED) is 0.828. The van der Waals surface area contributed by atoms with Crippen LogP contribution in [0.1, 0.15) is 43.0 Å². The fraction of sp³-hybridized carbons (Fsp3) is 0.769. The molecule has 0 radical (unpaired) electrons. The van der Waals surface area contributed by atoms with Gasteiger partial charge in [-0.2, -0.15) is 0 Å². The van der Waals surface area contributed by atoms with Crippen LogP contribution in [-0.4, -0.2) is 11.0 Å². The van der Waals surface area contributed by atoms with Gasteiger partial charge in [0.15, 0.2) is 0 Å². The van der Waals surface area contributed by atoms with Gasteiger partial charge >= 0.3 is 0 Å². The number of nitrogens with zero attached hydrogens (tertiary/aromatic N) is 1. The van der Waals surface area contributed by atoms with Crippen molar-refractivity contribution >= 4 is 0 Å². The van der Waals surface area contributed by atoms with Gasteiger partial charge in [0.25, 0.3) is 0 Å². The van der Waals surface area contributed by atoms with Crippen molar-refractivity contribution in [2.45, 2.75) is 52.1 Å². The van der Waals surface area contributed by atoms with Crippen molar-refractivity contribution in [2.75, 3.05) is 0 Å². The minimum Gasteiger partial charge on any atom is -0.444 e. The molecule has 2 aliphatic rings. The number of oxazole rings is 1. The minimum atomic E-state index is 0.729. The number of aryl methyl sites for hydroxylation is 2. The maximum absolute atomic E-state index is 5.59. The highest BCUT2D eigenvalue weighted by Crippen LogP contribution is 2.44. The predicted octanol–water partition coefficient (Wildman–Crippen LogP) is 2.57. The van der Waals surface area contributed by atoms with Crippen molar-refractivity contribution in [1.82, 2.24) is 10.3 Å². The Kier molecular flexibility index (Phi) is 2.51. The van der Waals surface area contributed by atoms with Crippen LogP contribution in [0.4, 0.5) is 0 Å². The Morgan fingerprint density at radius 2 is 1.88 bits per heavy atom. The summed E-state index contributed by atoms with van der Waals surface area (Å²) in [5.41, 5.74) is 1.02. The van der Waals surface area contributed by atoms with Gasteiger partial charge in [-0.25, -0.2) is 4.98 Å². The Morgan fingerprint density at radius 3 is 2.31 bits per heavy atom. The molecule has 1 aromatic heterocycles. The molecule has 1 heterocycles. The highest BCUT2D eigenvalue weighted by atomic mass is 16.4. The van der Waals surface area contributed by atoms with Gasteiger partial charge in [0.05, 0.1) is 12.2 Å². The lowest BCUT2D eigenvalue weighted by atomic mass is 10.1. The maximum atomic E-state index is 5.59. The minimum absolute atomic E-state index is 0.729. The van der Waals surface area contributed by atoms with Crippen molar-refractivity contribution < 1.29 is 4.42 Å². The topological polar surface area (TPSA) is 38.1 Å². The van der Waals surface area contributed by atoms with Crippen LogP contribution in [0.25, 0.3) is 0 Å².